The van der Waals surface area contributed by atoms with Crippen molar-refractivity contribution in [2.45, 2.75) is 13.3 Å². The van der Waals surface area contributed by atoms with Crippen LogP contribution in [0.5, 0.6) is 5.88 Å². The van der Waals surface area contributed by atoms with Gasteiger partial charge in [0.25, 0.3) is 5.88 Å². The molecule has 0 saturated carbocycles. The minimum Gasteiger partial charge on any atom is -0.473 e. The number of hydrogen-bond donors (Lipinski definition) is 1. The summed E-state index contributed by atoms with van der Waals surface area (Å²) in [6.07, 6.45) is 0.899. The summed E-state index contributed by atoms with van der Waals surface area (Å²) in [6, 6.07) is 0.643. The smallest absolute Gasteiger partial charge is 0.252 e. The molecule has 0 spiro atoms. The van der Waals surface area contributed by atoms with Crippen LogP contribution in [0.1, 0.15) is 13.3 Å². The largest absolute Gasteiger partial charge is 0.473 e. The Morgan fingerprint density at radius 2 is 2.00 bits per heavy atom. The first kappa shape index (κ1) is 12.6. The lowest BCUT2D eigenvalue weighted by atomic mass is 10.4. The van der Waals surface area contributed by atoms with Gasteiger partial charge in [0.1, 0.15) is 6.61 Å². The van der Waals surface area contributed by atoms with Crippen LogP contribution in [0.25, 0.3) is 0 Å². The number of nitrogen functional groups attached to an aromatic ring is 1. The number of ether oxygens (including phenoxy) is 2. The molecule has 0 bridgehead atoms. The lowest BCUT2D eigenvalue weighted by molar-refractivity contribution is 0.0974. The van der Waals surface area contributed by atoms with Crippen LogP contribution >= 0.6 is 0 Å². The Balaban J connectivity index is 2.45. The molecule has 1 aromatic heterocycles. The van der Waals surface area contributed by atoms with Gasteiger partial charge in [0, 0.05) is 12.7 Å². The predicted molar refractivity (Wildman–Crippen MR) is 55.2 cm³/mol. The fourth-order valence-electron chi connectivity index (χ4n) is 1.01. The van der Waals surface area contributed by atoms with Crippen molar-refractivity contribution in [3.63, 3.8) is 0 Å². The molecule has 0 aliphatic rings. The van der Waals surface area contributed by atoms with Crippen molar-refractivity contribution in [1.82, 2.24) is 4.98 Å². The average molecular weight is 232 g/mol. The normalized spacial score (nSPS) is 10.4. The first-order chi connectivity index (χ1) is 7.65. The minimum atomic E-state index is -0.896. The molecule has 0 aromatic carbocycles. The fourth-order valence-corrected chi connectivity index (χ4v) is 1.01. The van der Waals surface area contributed by atoms with Gasteiger partial charge in [-0.3, -0.25) is 0 Å². The Kier molecular flexibility index (Phi) is 4.91. The van der Waals surface area contributed by atoms with E-state index in [-0.39, 0.29) is 18.3 Å². The molecular weight excluding hydrogens is 218 g/mol. The Morgan fingerprint density at radius 3 is 2.69 bits per heavy atom. The maximum atomic E-state index is 13.1. The number of hydrogen-bond acceptors (Lipinski definition) is 4. The van der Waals surface area contributed by atoms with Crippen LogP contribution in [0.2, 0.25) is 0 Å². The highest BCUT2D eigenvalue weighted by Crippen LogP contribution is 2.18. The van der Waals surface area contributed by atoms with Crippen molar-refractivity contribution in [2.75, 3.05) is 25.6 Å². The van der Waals surface area contributed by atoms with Crippen molar-refractivity contribution >= 4 is 5.82 Å². The number of halogens is 2. The summed E-state index contributed by atoms with van der Waals surface area (Å²) in [4.78, 5) is 3.44. The molecular formula is C10H14F2N2O2. The molecule has 16 heavy (non-hydrogen) atoms. The van der Waals surface area contributed by atoms with Gasteiger partial charge in [-0.1, -0.05) is 6.92 Å². The van der Waals surface area contributed by atoms with E-state index in [0.29, 0.717) is 19.3 Å². The van der Waals surface area contributed by atoms with Crippen molar-refractivity contribution in [3.8, 4) is 5.88 Å². The molecule has 1 rings (SSSR count). The summed E-state index contributed by atoms with van der Waals surface area (Å²) in [5.74, 6) is -2.46. The molecule has 1 aromatic rings. The Hall–Kier alpha value is -1.43. The molecule has 0 saturated heterocycles. The van der Waals surface area contributed by atoms with Crippen molar-refractivity contribution in [3.05, 3.63) is 17.7 Å². The summed E-state index contributed by atoms with van der Waals surface area (Å²) >= 11 is 0. The van der Waals surface area contributed by atoms with E-state index in [9.17, 15) is 8.78 Å². The molecule has 1 heterocycles. The zero-order valence-electron chi connectivity index (χ0n) is 9.00. The predicted octanol–water partition coefficient (Wildman–Crippen LogP) is 1.75. The molecule has 0 aliphatic carbocycles. The van der Waals surface area contributed by atoms with Crippen molar-refractivity contribution < 1.29 is 18.3 Å². The topological polar surface area (TPSA) is 57.4 Å². The Morgan fingerprint density at radius 1 is 1.25 bits per heavy atom. The number of aromatic nitrogens is 1. The van der Waals surface area contributed by atoms with Gasteiger partial charge in [-0.25, -0.2) is 8.78 Å². The number of anilines is 1. The van der Waals surface area contributed by atoms with Gasteiger partial charge >= 0.3 is 0 Å². The molecule has 0 radical (unpaired) electrons. The fraction of sp³-hybridized carbons (Fsp3) is 0.500. The van der Waals surface area contributed by atoms with Gasteiger partial charge in [-0.15, -0.1) is 0 Å². The SMILES string of the molecule is CCCOCCOc1nc(N)c(F)cc1F. The van der Waals surface area contributed by atoms with E-state index in [1.807, 2.05) is 6.92 Å². The van der Waals surface area contributed by atoms with Crippen LogP contribution in [0, 0.1) is 11.6 Å². The summed E-state index contributed by atoms with van der Waals surface area (Å²) in [7, 11) is 0. The van der Waals surface area contributed by atoms with Gasteiger partial charge in [0.2, 0.25) is 0 Å². The van der Waals surface area contributed by atoms with E-state index in [1.54, 1.807) is 0 Å². The Labute approximate surface area is 92.4 Å². The highest BCUT2D eigenvalue weighted by Gasteiger charge is 2.10. The monoisotopic (exact) mass is 232 g/mol. The maximum Gasteiger partial charge on any atom is 0.252 e. The molecule has 4 nitrogen and oxygen atoms in total. The standard InChI is InChI=1S/C10H14F2N2O2/c1-2-3-15-4-5-16-10-8(12)6-7(11)9(13)14-10/h6H,2-5H2,1H3,(H2,13,14). The van der Waals surface area contributed by atoms with Crippen LogP contribution in [-0.2, 0) is 4.74 Å². The second-order valence-electron chi connectivity index (χ2n) is 3.10. The lowest BCUT2D eigenvalue weighted by Crippen LogP contribution is -2.10. The van der Waals surface area contributed by atoms with Crippen LogP contribution in [0.15, 0.2) is 6.07 Å². The highest BCUT2D eigenvalue weighted by molar-refractivity contribution is 5.34. The van der Waals surface area contributed by atoms with Crippen LogP contribution in [0.3, 0.4) is 0 Å². The van der Waals surface area contributed by atoms with E-state index in [2.05, 4.69) is 4.98 Å². The van der Waals surface area contributed by atoms with Crippen LogP contribution in [0.4, 0.5) is 14.6 Å². The molecule has 0 unspecified atom stereocenters. The third-order valence-electron chi connectivity index (χ3n) is 1.74. The molecule has 90 valence electrons. The van der Waals surface area contributed by atoms with Crippen molar-refractivity contribution in [1.29, 1.82) is 0 Å². The van der Waals surface area contributed by atoms with Gasteiger partial charge in [0.05, 0.1) is 6.61 Å². The molecule has 2 N–H and O–H groups in total. The number of nitrogens with zero attached hydrogens (tertiary/aromatic N) is 1. The summed E-state index contributed by atoms with van der Waals surface area (Å²) in [5.41, 5.74) is 5.18. The van der Waals surface area contributed by atoms with Gasteiger partial charge < -0.3 is 15.2 Å². The zero-order valence-corrected chi connectivity index (χ0v) is 9.00. The number of rotatable bonds is 6. The second kappa shape index (κ2) is 6.22. The maximum absolute atomic E-state index is 13.1. The minimum absolute atomic E-state index is 0.148. The average Bonchev–Trinajstić information content (AvgIpc) is 2.25. The van der Waals surface area contributed by atoms with Gasteiger partial charge in [-0.05, 0) is 6.42 Å². The van der Waals surface area contributed by atoms with Crippen LogP contribution in [-0.4, -0.2) is 24.8 Å². The van der Waals surface area contributed by atoms with Gasteiger partial charge in [-0.2, -0.15) is 4.98 Å². The first-order valence-corrected chi connectivity index (χ1v) is 4.97. The van der Waals surface area contributed by atoms with Crippen LogP contribution < -0.4 is 10.5 Å². The summed E-state index contributed by atoms with van der Waals surface area (Å²) < 4.78 is 35.9. The molecule has 0 aliphatic heterocycles. The third-order valence-corrected chi connectivity index (χ3v) is 1.74. The Bertz CT molecular complexity index is 348. The molecule has 0 atom stereocenters. The van der Waals surface area contributed by atoms with E-state index in [4.69, 9.17) is 15.2 Å². The molecule has 6 heteroatoms. The number of pyridine rings is 1. The molecule has 0 fully saturated rings. The van der Waals surface area contributed by atoms with Gasteiger partial charge in [0.15, 0.2) is 17.5 Å². The number of nitrogens with two attached hydrogens (primary N) is 1. The summed E-state index contributed by atoms with van der Waals surface area (Å²) in [6.45, 7) is 3.06. The quantitative estimate of drug-likeness (QED) is 0.759. The second-order valence-corrected chi connectivity index (χ2v) is 3.10. The molecule has 0 amide bonds. The first-order valence-electron chi connectivity index (χ1n) is 4.97. The van der Waals surface area contributed by atoms with E-state index < -0.39 is 11.6 Å². The summed E-state index contributed by atoms with van der Waals surface area (Å²) in [5, 5.41) is 0. The van der Waals surface area contributed by atoms with Crippen molar-refractivity contribution in [2.24, 2.45) is 0 Å². The lowest BCUT2D eigenvalue weighted by Gasteiger charge is -2.07. The third kappa shape index (κ3) is 3.62. The van der Waals surface area contributed by atoms with E-state index >= 15 is 0 Å². The van der Waals surface area contributed by atoms with E-state index in [1.165, 1.54) is 0 Å². The van der Waals surface area contributed by atoms with E-state index in [0.717, 1.165) is 6.42 Å². The zero-order chi connectivity index (χ0) is 12.0. The highest BCUT2D eigenvalue weighted by atomic mass is 19.1.